The minimum absolute atomic E-state index is 0.0231. The lowest BCUT2D eigenvalue weighted by molar-refractivity contribution is -0.122. The fraction of sp³-hybridized carbons (Fsp3) is 0.227. The molecule has 142 valence electrons. The quantitative estimate of drug-likeness (QED) is 0.734. The molecule has 1 aromatic heterocycles. The van der Waals surface area contributed by atoms with Gasteiger partial charge in [-0.1, -0.05) is 19.1 Å². The van der Waals surface area contributed by atoms with Crippen LogP contribution in [-0.4, -0.2) is 23.3 Å². The molecule has 1 aliphatic heterocycles. The summed E-state index contributed by atoms with van der Waals surface area (Å²) in [6, 6.07) is 15.3. The third kappa shape index (κ3) is 3.67. The second kappa shape index (κ2) is 7.68. The van der Waals surface area contributed by atoms with Crippen molar-refractivity contribution >= 4 is 23.2 Å². The van der Waals surface area contributed by atoms with Gasteiger partial charge in [0.2, 0.25) is 11.8 Å². The molecule has 2 amide bonds. The first kappa shape index (κ1) is 18.0. The van der Waals surface area contributed by atoms with E-state index in [1.165, 1.54) is 12.0 Å². The first-order valence-electron chi connectivity index (χ1n) is 9.33. The van der Waals surface area contributed by atoms with Gasteiger partial charge in [-0.25, -0.2) is 4.98 Å². The summed E-state index contributed by atoms with van der Waals surface area (Å²) in [5.74, 6) is 0.134. The highest BCUT2D eigenvalue weighted by Crippen LogP contribution is 2.27. The topological polar surface area (TPSA) is 75.4 Å². The van der Waals surface area contributed by atoms with E-state index in [2.05, 4.69) is 17.2 Å². The third-order valence-corrected chi connectivity index (χ3v) is 5.02. The van der Waals surface area contributed by atoms with Gasteiger partial charge in [0.15, 0.2) is 12.2 Å². The highest BCUT2D eigenvalue weighted by molar-refractivity contribution is 6.03. The number of hydrogen-bond acceptors (Lipinski definition) is 4. The zero-order valence-electron chi connectivity index (χ0n) is 15.6. The van der Waals surface area contributed by atoms with E-state index in [4.69, 9.17) is 4.42 Å². The second-order valence-electron chi connectivity index (χ2n) is 6.86. The van der Waals surface area contributed by atoms with Crippen molar-refractivity contribution in [1.29, 1.82) is 0 Å². The van der Waals surface area contributed by atoms with Gasteiger partial charge in [0, 0.05) is 29.9 Å². The fourth-order valence-corrected chi connectivity index (χ4v) is 3.36. The number of carbonyl (C=O) groups is 2. The van der Waals surface area contributed by atoms with E-state index in [0.29, 0.717) is 18.0 Å². The summed E-state index contributed by atoms with van der Waals surface area (Å²) in [5, 5.41) is 2.90. The first-order valence-corrected chi connectivity index (χ1v) is 9.33. The molecule has 1 unspecified atom stereocenters. The van der Waals surface area contributed by atoms with Crippen LogP contribution in [0, 0.1) is 5.92 Å². The van der Waals surface area contributed by atoms with Crippen molar-refractivity contribution in [2.45, 2.75) is 19.8 Å². The molecule has 0 bridgehead atoms. The van der Waals surface area contributed by atoms with Crippen molar-refractivity contribution in [2.75, 3.05) is 16.8 Å². The first-order chi connectivity index (χ1) is 13.6. The van der Waals surface area contributed by atoms with E-state index < -0.39 is 0 Å². The Hall–Kier alpha value is -3.41. The maximum absolute atomic E-state index is 12.6. The molecular formula is C22H21N3O3. The molecule has 1 N–H and O–H groups in total. The Morgan fingerprint density at radius 1 is 1.18 bits per heavy atom. The van der Waals surface area contributed by atoms with Gasteiger partial charge in [-0.2, -0.15) is 0 Å². The molecule has 0 spiro atoms. The molecule has 1 atom stereocenters. The lowest BCUT2D eigenvalue weighted by atomic mass is 10.1. The summed E-state index contributed by atoms with van der Waals surface area (Å²) in [6.07, 6.45) is 4.19. The number of rotatable bonds is 5. The highest BCUT2D eigenvalue weighted by atomic mass is 16.3. The van der Waals surface area contributed by atoms with Gasteiger partial charge >= 0.3 is 0 Å². The van der Waals surface area contributed by atoms with Crippen LogP contribution in [0.3, 0.4) is 0 Å². The number of anilines is 2. The molecule has 4 rings (SSSR count). The maximum atomic E-state index is 12.6. The molecule has 0 saturated carbocycles. The number of oxazole rings is 1. The largest absolute Gasteiger partial charge is 0.444 e. The lowest BCUT2D eigenvalue weighted by Gasteiger charge is -2.17. The van der Waals surface area contributed by atoms with Crippen molar-refractivity contribution in [3.8, 4) is 11.3 Å². The van der Waals surface area contributed by atoms with Gasteiger partial charge in [-0.15, -0.1) is 0 Å². The number of aryl methyl sites for hydroxylation is 1. The Labute approximate surface area is 163 Å². The predicted octanol–water partition coefficient (Wildman–Crippen LogP) is 3.90. The zero-order valence-corrected chi connectivity index (χ0v) is 15.6. The van der Waals surface area contributed by atoms with E-state index in [1.807, 2.05) is 48.5 Å². The van der Waals surface area contributed by atoms with E-state index >= 15 is 0 Å². The number of amides is 2. The van der Waals surface area contributed by atoms with Gasteiger partial charge in [0.05, 0.1) is 12.1 Å². The minimum atomic E-state index is -0.368. The summed E-state index contributed by atoms with van der Waals surface area (Å²) in [7, 11) is 0. The van der Waals surface area contributed by atoms with Crippen LogP contribution in [0.15, 0.2) is 65.5 Å². The Kier molecular flexibility index (Phi) is 4.93. The van der Waals surface area contributed by atoms with E-state index in [0.717, 1.165) is 17.7 Å². The molecule has 2 aromatic carbocycles. The summed E-state index contributed by atoms with van der Waals surface area (Å²) < 4.78 is 5.26. The van der Waals surface area contributed by atoms with Crippen LogP contribution < -0.4 is 10.2 Å². The van der Waals surface area contributed by atoms with Crippen molar-refractivity contribution < 1.29 is 14.0 Å². The Morgan fingerprint density at radius 3 is 2.57 bits per heavy atom. The molecule has 0 radical (unpaired) electrons. The molecule has 6 nitrogen and oxygen atoms in total. The van der Waals surface area contributed by atoms with Gasteiger partial charge in [-0.3, -0.25) is 9.59 Å². The molecule has 3 aromatic rings. The number of hydrogen-bond donors (Lipinski definition) is 1. The monoisotopic (exact) mass is 375 g/mol. The van der Waals surface area contributed by atoms with Crippen LogP contribution in [0.2, 0.25) is 0 Å². The maximum Gasteiger partial charge on any atom is 0.229 e. The summed E-state index contributed by atoms with van der Waals surface area (Å²) in [4.78, 5) is 30.6. The van der Waals surface area contributed by atoms with E-state index in [-0.39, 0.29) is 24.2 Å². The van der Waals surface area contributed by atoms with Crippen LogP contribution in [0.1, 0.15) is 18.9 Å². The number of nitrogens with zero attached hydrogens (tertiary/aromatic N) is 2. The SMILES string of the molecule is CCc1ccc(N2CC(C(=O)Nc3ccc(-c4cnco4)cc3)CC2=O)cc1. The van der Waals surface area contributed by atoms with Crippen molar-refractivity contribution in [3.63, 3.8) is 0 Å². The molecule has 1 fully saturated rings. The van der Waals surface area contributed by atoms with Crippen LogP contribution in [-0.2, 0) is 16.0 Å². The van der Waals surface area contributed by atoms with Crippen LogP contribution in [0.25, 0.3) is 11.3 Å². The molecule has 6 heteroatoms. The van der Waals surface area contributed by atoms with Crippen LogP contribution in [0.5, 0.6) is 0 Å². The Balaban J connectivity index is 1.40. The average Bonchev–Trinajstić information content (AvgIpc) is 3.39. The molecule has 0 aliphatic carbocycles. The molecular weight excluding hydrogens is 354 g/mol. The van der Waals surface area contributed by atoms with E-state index in [1.54, 1.807) is 11.1 Å². The zero-order chi connectivity index (χ0) is 19.5. The highest BCUT2D eigenvalue weighted by Gasteiger charge is 2.35. The van der Waals surface area contributed by atoms with Gasteiger partial charge < -0.3 is 14.6 Å². The normalized spacial score (nSPS) is 16.4. The Morgan fingerprint density at radius 2 is 1.93 bits per heavy atom. The lowest BCUT2D eigenvalue weighted by Crippen LogP contribution is -2.28. The number of nitrogens with one attached hydrogen (secondary N) is 1. The predicted molar refractivity (Wildman–Crippen MR) is 107 cm³/mol. The van der Waals surface area contributed by atoms with E-state index in [9.17, 15) is 9.59 Å². The third-order valence-electron chi connectivity index (χ3n) is 5.02. The molecule has 1 saturated heterocycles. The van der Waals surface area contributed by atoms with Crippen molar-refractivity contribution in [3.05, 3.63) is 66.7 Å². The summed E-state index contributed by atoms with van der Waals surface area (Å²) in [6.45, 7) is 2.49. The van der Waals surface area contributed by atoms with Crippen molar-refractivity contribution in [2.24, 2.45) is 5.92 Å². The standard InChI is InChI=1S/C22H21N3O3/c1-2-15-3-9-19(10-4-15)25-13-17(11-21(25)26)22(27)24-18-7-5-16(6-8-18)20-12-23-14-28-20/h3-10,12,14,17H,2,11,13H2,1H3,(H,24,27). The smallest absolute Gasteiger partial charge is 0.229 e. The van der Waals surface area contributed by atoms with Crippen molar-refractivity contribution in [1.82, 2.24) is 4.98 Å². The molecule has 28 heavy (non-hydrogen) atoms. The summed E-state index contributed by atoms with van der Waals surface area (Å²) >= 11 is 0. The second-order valence-corrected chi connectivity index (χ2v) is 6.86. The number of aromatic nitrogens is 1. The van der Waals surface area contributed by atoms with Crippen LogP contribution >= 0.6 is 0 Å². The fourth-order valence-electron chi connectivity index (χ4n) is 3.36. The average molecular weight is 375 g/mol. The molecule has 2 heterocycles. The summed E-state index contributed by atoms with van der Waals surface area (Å²) in [5.41, 5.74) is 3.63. The molecule has 1 aliphatic rings. The minimum Gasteiger partial charge on any atom is -0.444 e. The van der Waals surface area contributed by atoms with Gasteiger partial charge in [0.25, 0.3) is 0 Å². The number of carbonyl (C=O) groups excluding carboxylic acids is 2. The Bertz CT molecular complexity index is 963. The van der Waals surface area contributed by atoms with Gasteiger partial charge in [0.1, 0.15) is 0 Å². The van der Waals surface area contributed by atoms with Gasteiger partial charge in [-0.05, 0) is 48.4 Å². The number of benzene rings is 2. The van der Waals surface area contributed by atoms with Crippen LogP contribution in [0.4, 0.5) is 11.4 Å².